The van der Waals surface area contributed by atoms with Gasteiger partial charge in [-0.15, -0.1) is 0 Å². The van der Waals surface area contributed by atoms with Crippen molar-refractivity contribution in [3.8, 4) is 17.2 Å². The second-order valence-corrected chi connectivity index (χ2v) is 5.81. The number of rotatable bonds is 6. The van der Waals surface area contributed by atoms with E-state index in [-0.39, 0.29) is 17.4 Å². The molecule has 1 fully saturated rings. The minimum Gasteiger partial charge on any atom is -0.507 e. The van der Waals surface area contributed by atoms with Gasteiger partial charge in [-0.3, -0.25) is 4.79 Å². The van der Waals surface area contributed by atoms with Crippen molar-refractivity contribution in [1.82, 2.24) is 0 Å². The highest BCUT2D eigenvalue weighted by Crippen LogP contribution is 2.25. The Morgan fingerprint density at radius 1 is 1.28 bits per heavy atom. The lowest BCUT2D eigenvalue weighted by Gasteiger charge is -2.13. The van der Waals surface area contributed by atoms with Gasteiger partial charge in [-0.1, -0.05) is 6.07 Å². The van der Waals surface area contributed by atoms with Crippen molar-refractivity contribution in [2.24, 2.45) is 0 Å². The maximum Gasteiger partial charge on any atom is 0.259 e. The van der Waals surface area contributed by atoms with Crippen LogP contribution < -0.4 is 14.8 Å². The van der Waals surface area contributed by atoms with Gasteiger partial charge in [0.05, 0.1) is 18.8 Å². The van der Waals surface area contributed by atoms with E-state index in [0.717, 1.165) is 19.4 Å². The van der Waals surface area contributed by atoms with Gasteiger partial charge in [0.1, 0.15) is 23.9 Å². The molecule has 2 N–H and O–H groups in total. The molecule has 0 aromatic heterocycles. The first-order valence-corrected chi connectivity index (χ1v) is 8.18. The van der Waals surface area contributed by atoms with Crippen LogP contribution in [0.2, 0.25) is 0 Å². The largest absolute Gasteiger partial charge is 0.507 e. The third-order valence-corrected chi connectivity index (χ3v) is 4.00. The van der Waals surface area contributed by atoms with E-state index in [2.05, 4.69) is 5.32 Å². The molecule has 3 rings (SSSR count). The Morgan fingerprint density at radius 2 is 2.16 bits per heavy atom. The molecule has 0 radical (unpaired) electrons. The summed E-state index contributed by atoms with van der Waals surface area (Å²) in [6.45, 7) is 1.28. The van der Waals surface area contributed by atoms with Crippen LogP contribution in [0.25, 0.3) is 0 Å². The minimum atomic E-state index is -0.406. The number of hydrogen-bond acceptors (Lipinski definition) is 5. The van der Waals surface area contributed by atoms with E-state index in [1.54, 1.807) is 24.3 Å². The van der Waals surface area contributed by atoms with Crippen LogP contribution in [0.1, 0.15) is 23.2 Å². The lowest BCUT2D eigenvalue weighted by Crippen LogP contribution is -2.16. The highest BCUT2D eigenvalue weighted by atomic mass is 16.5. The molecule has 2 aromatic rings. The number of aromatic hydroxyl groups is 1. The molecule has 6 nitrogen and oxygen atoms in total. The van der Waals surface area contributed by atoms with Gasteiger partial charge in [0.15, 0.2) is 0 Å². The van der Waals surface area contributed by atoms with Crippen molar-refractivity contribution in [3.63, 3.8) is 0 Å². The van der Waals surface area contributed by atoms with Crippen LogP contribution in [0, 0.1) is 0 Å². The molecule has 1 aliphatic rings. The van der Waals surface area contributed by atoms with Crippen molar-refractivity contribution in [1.29, 1.82) is 0 Å². The number of benzene rings is 2. The first-order valence-electron chi connectivity index (χ1n) is 8.18. The van der Waals surface area contributed by atoms with Gasteiger partial charge in [0.2, 0.25) is 0 Å². The lowest BCUT2D eigenvalue weighted by atomic mass is 10.1. The maximum atomic E-state index is 12.3. The summed E-state index contributed by atoms with van der Waals surface area (Å²) >= 11 is 0. The number of amides is 1. The fourth-order valence-electron chi connectivity index (χ4n) is 2.66. The van der Waals surface area contributed by atoms with Crippen LogP contribution in [-0.4, -0.2) is 37.4 Å². The molecule has 132 valence electrons. The quantitative estimate of drug-likeness (QED) is 0.842. The van der Waals surface area contributed by atoms with E-state index >= 15 is 0 Å². The molecule has 0 bridgehead atoms. The van der Waals surface area contributed by atoms with E-state index in [1.165, 1.54) is 19.2 Å². The average Bonchev–Trinajstić information content (AvgIpc) is 3.13. The molecule has 1 atom stereocenters. The standard InChI is InChI=1S/C19H21NO5/c1-23-14-7-8-17(18(21)11-14)19(22)20-13-4-2-5-15(10-13)25-12-16-6-3-9-24-16/h2,4-5,7-8,10-11,16,21H,3,6,9,12H2,1H3,(H,20,22). The van der Waals surface area contributed by atoms with E-state index in [9.17, 15) is 9.90 Å². The summed E-state index contributed by atoms with van der Waals surface area (Å²) in [5.74, 6) is 0.602. The molecule has 2 aromatic carbocycles. The molecule has 0 aliphatic carbocycles. The molecular weight excluding hydrogens is 322 g/mol. The molecule has 1 unspecified atom stereocenters. The van der Waals surface area contributed by atoms with Crippen LogP contribution in [0.3, 0.4) is 0 Å². The smallest absolute Gasteiger partial charge is 0.259 e. The molecule has 1 saturated heterocycles. The van der Waals surface area contributed by atoms with Gasteiger partial charge in [-0.2, -0.15) is 0 Å². The molecule has 1 amide bonds. The molecule has 25 heavy (non-hydrogen) atoms. The van der Waals surface area contributed by atoms with E-state index < -0.39 is 5.91 Å². The van der Waals surface area contributed by atoms with E-state index in [4.69, 9.17) is 14.2 Å². The summed E-state index contributed by atoms with van der Waals surface area (Å²) in [5, 5.41) is 12.7. The van der Waals surface area contributed by atoms with Crippen molar-refractivity contribution in [2.45, 2.75) is 18.9 Å². The monoisotopic (exact) mass is 343 g/mol. The maximum absolute atomic E-state index is 12.3. The number of anilines is 1. The summed E-state index contributed by atoms with van der Waals surface area (Å²) < 4.78 is 16.3. The third-order valence-electron chi connectivity index (χ3n) is 4.00. The molecule has 1 heterocycles. The SMILES string of the molecule is COc1ccc(C(=O)Nc2cccc(OCC3CCCO3)c2)c(O)c1. The van der Waals surface area contributed by atoms with Gasteiger partial charge in [-0.05, 0) is 37.1 Å². The van der Waals surface area contributed by atoms with Gasteiger partial charge in [0, 0.05) is 24.4 Å². The van der Waals surface area contributed by atoms with Gasteiger partial charge >= 0.3 is 0 Å². The molecule has 1 aliphatic heterocycles. The van der Waals surface area contributed by atoms with Crippen LogP contribution in [-0.2, 0) is 4.74 Å². The zero-order valence-electron chi connectivity index (χ0n) is 14.0. The predicted octanol–water partition coefficient (Wildman–Crippen LogP) is 3.21. The summed E-state index contributed by atoms with van der Waals surface area (Å²) in [5.41, 5.74) is 0.761. The zero-order valence-corrected chi connectivity index (χ0v) is 14.0. The fraction of sp³-hybridized carbons (Fsp3) is 0.316. The number of carbonyl (C=O) groups is 1. The third kappa shape index (κ3) is 4.42. The second kappa shape index (κ2) is 7.90. The Hall–Kier alpha value is -2.73. The van der Waals surface area contributed by atoms with Gasteiger partial charge < -0.3 is 24.6 Å². The minimum absolute atomic E-state index is 0.134. The summed E-state index contributed by atoms with van der Waals surface area (Å²) in [6.07, 6.45) is 2.21. The number of nitrogens with one attached hydrogen (secondary N) is 1. The van der Waals surface area contributed by atoms with Crippen LogP contribution in [0.4, 0.5) is 5.69 Å². The number of methoxy groups -OCH3 is 1. The van der Waals surface area contributed by atoms with Gasteiger partial charge in [0.25, 0.3) is 5.91 Å². The molecule has 6 heteroatoms. The van der Waals surface area contributed by atoms with E-state index in [0.29, 0.717) is 23.8 Å². The fourth-order valence-corrected chi connectivity index (χ4v) is 2.66. The Labute approximate surface area is 146 Å². The number of phenols is 1. The van der Waals surface area contributed by atoms with Crippen molar-refractivity contribution in [3.05, 3.63) is 48.0 Å². The normalized spacial score (nSPS) is 16.4. The Balaban J connectivity index is 1.63. The summed E-state index contributed by atoms with van der Waals surface area (Å²) in [7, 11) is 1.50. The summed E-state index contributed by atoms with van der Waals surface area (Å²) in [4.78, 5) is 12.3. The Bertz CT molecular complexity index is 740. The van der Waals surface area contributed by atoms with Gasteiger partial charge in [-0.25, -0.2) is 0 Å². The number of phenolic OH excluding ortho intramolecular Hbond substituents is 1. The zero-order chi connectivity index (χ0) is 17.6. The lowest BCUT2D eigenvalue weighted by molar-refractivity contribution is 0.0680. The average molecular weight is 343 g/mol. The van der Waals surface area contributed by atoms with E-state index in [1.807, 2.05) is 6.07 Å². The van der Waals surface area contributed by atoms with Crippen LogP contribution in [0.15, 0.2) is 42.5 Å². The highest BCUT2D eigenvalue weighted by Gasteiger charge is 2.16. The van der Waals surface area contributed by atoms with Crippen molar-refractivity contribution < 1.29 is 24.1 Å². The number of ether oxygens (including phenoxy) is 3. The second-order valence-electron chi connectivity index (χ2n) is 5.81. The predicted molar refractivity (Wildman–Crippen MR) is 93.5 cm³/mol. The Kier molecular flexibility index (Phi) is 5.40. The Morgan fingerprint density at radius 3 is 2.88 bits per heavy atom. The van der Waals surface area contributed by atoms with Crippen LogP contribution >= 0.6 is 0 Å². The molecule has 0 spiro atoms. The number of hydrogen-bond donors (Lipinski definition) is 2. The molecular formula is C19H21NO5. The summed E-state index contributed by atoms with van der Waals surface area (Å²) in [6, 6.07) is 11.7. The van der Waals surface area contributed by atoms with Crippen LogP contribution in [0.5, 0.6) is 17.2 Å². The van der Waals surface area contributed by atoms with Crippen molar-refractivity contribution >= 4 is 11.6 Å². The first kappa shape index (κ1) is 17.1. The first-order chi connectivity index (χ1) is 12.2. The number of carbonyl (C=O) groups excluding carboxylic acids is 1. The topological polar surface area (TPSA) is 77.0 Å². The highest BCUT2D eigenvalue weighted by molar-refractivity contribution is 6.06. The van der Waals surface area contributed by atoms with Crippen molar-refractivity contribution in [2.75, 3.05) is 25.6 Å². The molecule has 0 saturated carbocycles.